The van der Waals surface area contributed by atoms with Crippen molar-refractivity contribution in [2.24, 2.45) is 0 Å². The maximum atomic E-state index is 14.3. The Morgan fingerprint density at radius 1 is 1.07 bits per heavy atom. The van der Waals surface area contributed by atoms with Crippen LogP contribution in [0.25, 0.3) is 5.69 Å². The predicted molar refractivity (Wildman–Crippen MR) is 106 cm³/mol. The maximum Gasteiger partial charge on any atom is 0.273 e. The second-order valence-corrected chi connectivity index (χ2v) is 7.21. The fraction of sp³-hybridized carbons (Fsp3) is 0.190. The van der Waals surface area contributed by atoms with Gasteiger partial charge in [0.05, 0.1) is 0 Å². The smallest absolute Gasteiger partial charge is 0.273 e. The van der Waals surface area contributed by atoms with Crippen LogP contribution >= 0.6 is 15.9 Å². The third kappa shape index (κ3) is 4.13. The number of nitrogens with zero attached hydrogens (tertiary/aromatic N) is 1. The average Bonchev–Trinajstić information content (AvgIpc) is 2.69. The first-order valence-corrected chi connectivity index (χ1v) is 9.61. The van der Waals surface area contributed by atoms with Gasteiger partial charge in [0.2, 0.25) is 0 Å². The van der Waals surface area contributed by atoms with Gasteiger partial charge in [0, 0.05) is 35.9 Å². The third-order valence-electron chi connectivity index (χ3n) is 4.55. The summed E-state index contributed by atoms with van der Waals surface area (Å²) in [4.78, 5) is 12.9. The molecule has 0 unspecified atom stereocenters. The minimum absolute atomic E-state index is 0.00200. The molecule has 3 rings (SSSR count). The molecule has 0 spiro atoms. The fourth-order valence-electron chi connectivity index (χ4n) is 3.10. The van der Waals surface area contributed by atoms with E-state index in [-0.39, 0.29) is 41.1 Å². The van der Waals surface area contributed by atoms with Gasteiger partial charge in [0.25, 0.3) is 5.56 Å². The van der Waals surface area contributed by atoms with E-state index < -0.39 is 34.5 Å². The molecule has 0 aliphatic carbocycles. The number of halogens is 5. The van der Waals surface area contributed by atoms with Gasteiger partial charge in [-0.05, 0) is 47.1 Å². The van der Waals surface area contributed by atoms with E-state index >= 15 is 0 Å². The molecule has 0 bridgehead atoms. The zero-order chi connectivity index (χ0) is 22.0. The molecule has 2 aromatic carbocycles. The number of para-hydroxylation sites is 1. The molecule has 0 saturated carbocycles. The largest absolute Gasteiger partial charge is 0.487 e. The normalized spacial score (nSPS) is 11.0. The predicted octanol–water partition coefficient (Wildman–Crippen LogP) is 4.58. The van der Waals surface area contributed by atoms with Crippen LogP contribution in [0.3, 0.4) is 0 Å². The quantitative estimate of drug-likeness (QED) is 0.520. The number of hydrogen-bond acceptors (Lipinski definition) is 3. The highest BCUT2D eigenvalue weighted by Crippen LogP contribution is 2.32. The first-order valence-electron chi connectivity index (χ1n) is 8.82. The second-order valence-electron chi connectivity index (χ2n) is 6.42. The van der Waals surface area contributed by atoms with Gasteiger partial charge in [-0.3, -0.25) is 9.36 Å². The van der Waals surface area contributed by atoms with Gasteiger partial charge in [-0.25, -0.2) is 17.6 Å². The average molecular weight is 486 g/mol. The summed E-state index contributed by atoms with van der Waals surface area (Å²) >= 11 is 3.10. The molecule has 3 aromatic rings. The Balaban J connectivity index is 2.14. The topological polar surface area (TPSA) is 51.5 Å². The Morgan fingerprint density at radius 2 is 1.73 bits per heavy atom. The number of benzene rings is 2. The summed E-state index contributed by atoms with van der Waals surface area (Å²) in [5.74, 6) is -3.45. The highest BCUT2D eigenvalue weighted by atomic mass is 79.9. The van der Waals surface area contributed by atoms with Crippen LogP contribution in [-0.2, 0) is 13.0 Å². The molecule has 0 aliphatic heterocycles. The van der Waals surface area contributed by atoms with Crippen molar-refractivity contribution in [3.8, 4) is 11.4 Å². The molecule has 0 saturated heterocycles. The van der Waals surface area contributed by atoms with Gasteiger partial charge in [0.15, 0.2) is 0 Å². The zero-order valence-electron chi connectivity index (χ0n) is 15.7. The van der Waals surface area contributed by atoms with Crippen LogP contribution in [0.5, 0.6) is 5.75 Å². The van der Waals surface area contributed by atoms with Gasteiger partial charge in [0.1, 0.15) is 45.8 Å². The van der Waals surface area contributed by atoms with Crippen LogP contribution in [0, 0.1) is 30.2 Å². The Hall–Kier alpha value is -2.65. The van der Waals surface area contributed by atoms with Gasteiger partial charge in [-0.15, -0.1) is 0 Å². The number of hydrogen-bond donors (Lipinski definition) is 1. The second kappa shape index (κ2) is 9.01. The number of ether oxygens (including phenoxy) is 1. The summed E-state index contributed by atoms with van der Waals surface area (Å²) in [6, 6.07) is 6.18. The zero-order valence-corrected chi connectivity index (χ0v) is 17.3. The van der Waals surface area contributed by atoms with E-state index in [4.69, 9.17) is 4.74 Å². The molecular weight excluding hydrogens is 470 g/mol. The molecule has 0 radical (unpaired) electrons. The summed E-state index contributed by atoms with van der Waals surface area (Å²) in [5.41, 5.74) is -0.867. The standard InChI is InChI=1S/C21H16BrF4NO3/c1-11-14(7-8-28)20(30-10-12-5-6-13(23)9-17(12)26)18(22)21(29)27(11)19-15(24)3-2-4-16(19)25/h2-6,9,28H,7-8,10H2,1H3. The van der Waals surface area contributed by atoms with Crippen LogP contribution in [0.1, 0.15) is 16.8 Å². The van der Waals surface area contributed by atoms with Crippen LogP contribution in [-0.4, -0.2) is 16.3 Å². The number of rotatable bonds is 6. The SMILES string of the molecule is Cc1c(CCO)c(OCc2ccc(F)cc2F)c(Br)c(=O)n1-c1c(F)cccc1F. The van der Waals surface area contributed by atoms with Crippen molar-refractivity contribution in [1.82, 2.24) is 4.57 Å². The molecule has 0 atom stereocenters. The van der Waals surface area contributed by atoms with E-state index in [9.17, 15) is 27.5 Å². The lowest BCUT2D eigenvalue weighted by molar-refractivity contribution is 0.278. The van der Waals surface area contributed by atoms with Crippen LogP contribution < -0.4 is 10.3 Å². The minimum Gasteiger partial charge on any atom is -0.487 e. The summed E-state index contributed by atoms with van der Waals surface area (Å²) in [6.07, 6.45) is 0.00200. The monoisotopic (exact) mass is 485 g/mol. The first-order chi connectivity index (χ1) is 14.3. The Morgan fingerprint density at radius 3 is 2.33 bits per heavy atom. The van der Waals surface area contributed by atoms with E-state index in [2.05, 4.69) is 15.9 Å². The molecular formula is C21H16BrF4NO3. The number of aliphatic hydroxyl groups excluding tert-OH is 1. The van der Waals surface area contributed by atoms with E-state index in [1.165, 1.54) is 19.1 Å². The minimum atomic E-state index is -0.941. The molecule has 0 fully saturated rings. The van der Waals surface area contributed by atoms with Crippen molar-refractivity contribution in [2.45, 2.75) is 20.0 Å². The Bertz CT molecular complexity index is 1140. The lowest BCUT2D eigenvalue weighted by atomic mass is 10.1. The fourth-order valence-corrected chi connectivity index (χ4v) is 3.63. The molecule has 1 aromatic heterocycles. The van der Waals surface area contributed by atoms with E-state index in [0.29, 0.717) is 11.6 Å². The van der Waals surface area contributed by atoms with Crippen molar-refractivity contribution < 1.29 is 27.4 Å². The Labute approximate surface area is 177 Å². The van der Waals surface area contributed by atoms with Crippen LogP contribution in [0.4, 0.5) is 17.6 Å². The van der Waals surface area contributed by atoms with Crippen molar-refractivity contribution in [3.63, 3.8) is 0 Å². The van der Waals surface area contributed by atoms with E-state index in [1.54, 1.807) is 0 Å². The molecule has 30 heavy (non-hydrogen) atoms. The summed E-state index contributed by atoms with van der Waals surface area (Å²) in [5, 5.41) is 9.45. The highest BCUT2D eigenvalue weighted by molar-refractivity contribution is 9.10. The van der Waals surface area contributed by atoms with Gasteiger partial charge in [-0.2, -0.15) is 0 Å². The maximum absolute atomic E-state index is 14.3. The number of aromatic nitrogens is 1. The lowest BCUT2D eigenvalue weighted by Crippen LogP contribution is -2.26. The summed E-state index contributed by atoms with van der Waals surface area (Å²) in [6.45, 7) is 0.780. The van der Waals surface area contributed by atoms with Crippen molar-refractivity contribution in [1.29, 1.82) is 0 Å². The molecule has 1 heterocycles. The van der Waals surface area contributed by atoms with Crippen molar-refractivity contribution in [3.05, 3.63) is 91.3 Å². The first kappa shape index (κ1) is 22.0. The van der Waals surface area contributed by atoms with Gasteiger partial charge in [-0.1, -0.05) is 6.07 Å². The Kier molecular flexibility index (Phi) is 6.62. The highest BCUT2D eigenvalue weighted by Gasteiger charge is 2.23. The third-order valence-corrected chi connectivity index (χ3v) is 5.25. The molecule has 4 nitrogen and oxygen atoms in total. The molecule has 1 N–H and O–H groups in total. The molecule has 9 heteroatoms. The molecule has 158 valence electrons. The number of pyridine rings is 1. The van der Waals surface area contributed by atoms with E-state index in [1.807, 2.05) is 0 Å². The number of aliphatic hydroxyl groups is 1. The summed E-state index contributed by atoms with van der Waals surface area (Å²) < 4.78 is 62.0. The van der Waals surface area contributed by atoms with Crippen molar-refractivity contribution >= 4 is 15.9 Å². The molecule has 0 aliphatic rings. The van der Waals surface area contributed by atoms with Crippen LogP contribution in [0.2, 0.25) is 0 Å². The van der Waals surface area contributed by atoms with Gasteiger partial charge >= 0.3 is 0 Å². The van der Waals surface area contributed by atoms with Crippen molar-refractivity contribution in [2.75, 3.05) is 6.61 Å². The van der Waals surface area contributed by atoms with Gasteiger partial charge < -0.3 is 9.84 Å². The lowest BCUT2D eigenvalue weighted by Gasteiger charge is -2.20. The van der Waals surface area contributed by atoms with Crippen LogP contribution in [0.15, 0.2) is 45.7 Å². The molecule has 0 amide bonds. The van der Waals surface area contributed by atoms with E-state index in [0.717, 1.165) is 22.8 Å². The summed E-state index contributed by atoms with van der Waals surface area (Å²) in [7, 11) is 0.